The number of rotatable bonds is 4. The second-order valence-electron chi connectivity index (χ2n) is 4.69. The van der Waals surface area contributed by atoms with Crippen molar-refractivity contribution >= 4 is 27.6 Å². The highest BCUT2D eigenvalue weighted by molar-refractivity contribution is 9.10. The molecule has 2 rings (SSSR count). The normalized spacial score (nSPS) is 13.5. The van der Waals surface area contributed by atoms with Crippen LogP contribution >= 0.6 is 15.9 Å². The van der Waals surface area contributed by atoms with Gasteiger partial charge in [-0.3, -0.25) is 0 Å². The SMILES string of the molecule is CC(Nc1cccc(F)c1)(C(=O)O)c1ccc(Br)cc1F. The molecule has 0 fully saturated rings. The molecule has 0 saturated heterocycles. The average Bonchev–Trinajstić information content (AvgIpc) is 2.38. The molecule has 1 unspecified atom stereocenters. The molecule has 6 heteroatoms. The summed E-state index contributed by atoms with van der Waals surface area (Å²) in [5, 5.41) is 12.2. The first-order valence-electron chi connectivity index (χ1n) is 6.05. The number of hydrogen-bond acceptors (Lipinski definition) is 2. The second kappa shape index (κ2) is 5.81. The molecule has 0 saturated carbocycles. The van der Waals surface area contributed by atoms with Crippen molar-refractivity contribution in [3.05, 3.63) is 64.1 Å². The average molecular weight is 356 g/mol. The summed E-state index contributed by atoms with van der Waals surface area (Å²) in [5.74, 6) is -2.45. The van der Waals surface area contributed by atoms with Crippen molar-refractivity contribution in [3.63, 3.8) is 0 Å². The molecular formula is C15H12BrF2NO2. The van der Waals surface area contributed by atoms with Gasteiger partial charge in [-0.05, 0) is 37.3 Å². The van der Waals surface area contributed by atoms with Crippen molar-refractivity contribution in [1.29, 1.82) is 0 Å². The van der Waals surface area contributed by atoms with Crippen molar-refractivity contribution in [2.75, 3.05) is 5.32 Å². The van der Waals surface area contributed by atoms with Gasteiger partial charge in [-0.25, -0.2) is 13.6 Å². The van der Waals surface area contributed by atoms with E-state index in [1.807, 2.05) is 0 Å². The monoisotopic (exact) mass is 355 g/mol. The van der Waals surface area contributed by atoms with Crippen LogP contribution in [-0.2, 0) is 10.3 Å². The van der Waals surface area contributed by atoms with Crippen molar-refractivity contribution in [2.45, 2.75) is 12.5 Å². The summed E-state index contributed by atoms with van der Waals surface area (Å²) in [4.78, 5) is 11.6. The van der Waals surface area contributed by atoms with Crippen molar-refractivity contribution in [3.8, 4) is 0 Å². The number of hydrogen-bond donors (Lipinski definition) is 2. The fraction of sp³-hybridized carbons (Fsp3) is 0.133. The third kappa shape index (κ3) is 3.21. The Morgan fingerprint density at radius 1 is 1.24 bits per heavy atom. The number of carboxylic acids is 1. The third-order valence-electron chi connectivity index (χ3n) is 3.12. The first kappa shape index (κ1) is 15.4. The third-order valence-corrected chi connectivity index (χ3v) is 3.61. The Morgan fingerprint density at radius 3 is 2.52 bits per heavy atom. The summed E-state index contributed by atoms with van der Waals surface area (Å²) in [7, 11) is 0. The van der Waals surface area contributed by atoms with E-state index in [2.05, 4.69) is 21.2 Å². The van der Waals surface area contributed by atoms with E-state index in [-0.39, 0.29) is 11.3 Å². The molecule has 0 aliphatic carbocycles. The van der Waals surface area contributed by atoms with Gasteiger partial charge >= 0.3 is 5.97 Å². The predicted octanol–water partition coefficient (Wildman–Crippen LogP) is 4.14. The Kier molecular flexibility index (Phi) is 4.27. The number of carboxylic acid groups (broad SMARTS) is 1. The van der Waals surface area contributed by atoms with Gasteiger partial charge in [-0.2, -0.15) is 0 Å². The molecule has 0 amide bonds. The molecule has 2 N–H and O–H groups in total. The fourth-order valence-electron chi connectivity index (χ4n) is 1.99. The lowest BCUT2D eigenvalue weighted by molar-refractivity contribution is -0.142. The Labute approximate surface area is 128 Å². The van der Waals surface area contributed by atoms with Gasteiger partial charge in [0.05, 0.1) is 0 Å². The van der Waals surface area contributed by atoms with E-state index in [0.29, 0.717) is 4.47 Å². The largest absolute Gasteiger partial charge is 0.479 e. The van der Waals surface area contributed by atoms with Gasteiger partial charge in [0.1, 0.15) is 11.6 Å². The Hall–Kier alpha value is -1.95. The van der Waals surface area contributed by atoms with Crippen LogP contribution in [0.1, 0.15) is 12.5 Å². The van der Waals surface area contributed by atoms with Crippen LogP contribution in [0, 0.1) is 11.6 Å². The van der Waals surface area contributed by atoms with Gasteiger partial charge in [0, 0.05) is 15.7 Å². The topological polar surface area (TPSA) is 49.3 Å². The van der Waals surface area contributed by atoms with Crippen LogP contribution in [-0.4, -0.2) is 11.1 Å². The number of halogens is 3. The van der Waals surface area contributed by atoms with Gasteiger partial charge in [-0.1, -0.05) is 28.1 Å². The van der Waals surface area contributed by atoms with E-state index >= 15 is 0 Å². The molecule has 0 aromatic heterocycles. The van der Waals surface area contributed by atoms with Crippen molar-refractivity contribution in [2.24, 2.45) is 0 Å². The molecule has 2 aromatic carbocycles. The highest BCUT2D eigenvalue weighted by atomic mass is 79.9. The first-order valence-corrected chi connectivity index (χ1v) is 6.85. The number of nitrogens with one attached hydrogen (secondary N) is 1. The van der Waals surface area contributed by atoms with E-state index in [9.17, 15) is 18.7 Å². The zero-order valence-corrected chi connectivity index (χ0v) is 12.6. The standard InChI is InChI=1S/C15H12BrF2NO2/c1-15(14(20)21,12-6-5-9(16)7-13(12)18)19-11-4-2-3-10(17)8-11/h2-8,19H,1H3,(H,20,21). The molecule has 21 heavy (non-hydrogen) atoms. The summed E-state index contributed by atoms with van der Waals surface area (Å²) in [6.07, 6.45) is 0. The number of benzene rings is 2. The lowest BCUT2D eigenvalue weighted by Gasteiger charge is -2.28. The van der Waals surface area contributed by atoms with Gasteiger partial charge in [-0.15, -0.1) is 0 Å². The van der Waals surface area contributed by atoms with E-state index in [1.54, 1.807) is 6.07 Å². The quantitative estimate of drug-likeness (QED) is 0.866. The van der Waals surface area contributed by atoms with Crippen LogP contribution in [0.5, 0.6) is 0 Å². The fourth-order valence-corrected chi connectivity index (χ4v) is 2.32. The zero-order valence-electron chi connectivity index (χ0n) is 11.0. The van der Waals surface area contributed by atoms with Crippen LogP contribution in [0.25, 0.3) is 0 Å². The van der Waals surface area contributed by atoms with Gasteiger partial charge in [0.2, 0.25) is 0 Å². The highest BCUT2D eigenvalue weighted by Gasteiger charge is 2.37. The number of aliphatic carboxylic acids is 1. The van der Waals surface area contributed by atoms with Gasteiger partial charge < -0.3 is 10.4 Å². The molecule has 2 aromatic rings. The highest BCUT2D eigenvalue weighted by Crippen LogP contribution is 2.30. The maximum atomic E-state index is 14.1. The van der Waals surface area contributed by atoms with Crippen LogP contribution in [0.2, 0.25) is 0 Å². The second-order valence-corrected chi connectivity index (χ2v) is 5.61. The molecule has 0 spiro atoms. The molecule has 0 radical (unpaired) electrons. The smallest absolute Gasteiger partial charge is 0.333 e. The van der Waals surface area contributed by atoms with Gasteiger partial charge in [0.25, 0.3) is 0 Å². The van der Waals surface area contributed by atoms with Gasteiger partial charge in [0.15, 0.2) is 5.54 Å². The molecule has 3 nitrogen and oxygen atoms in total. The summed E-state index contributed by atoms with van der Waals surface area (Å²) < 4.78 is 27.8. The van der Waals surface area contributed by atoms with Crippen molar-refractivity contribution < 1.29 is 18.7 Å². The molecule has 0 aliphatic rings. The minimum absolute atomic E-state index is 0.0394. The number of carbonyl (C=O) groups is 1. The van der Waals surface area contributed by atoms with Crippen LogP contribution in [0.4, 0.5) is 14.5 Å². The Bertz CT molecular complexity index is 693. The van der Waals surface area contributed by atoms with Crippen LogP contribution in [0.15, 0.2) is 46.9 Å². The van der Waals surface area contributed by atoms with E-state index in [1.165, 1.54) is 37.3 Å². The lowest BCUT2D eigenvalue weighted by atomic mass is 9.91. The zero-order chi connectivity index (χ0) is 15.6. The first-order chi connectivity index (χ1) is 9.83. The molecule has 0 bridgehead atoms. The predicted molar refractivity (Wildman–Crippen MR) is 79.1 cm³/mol. The van der Waals surface area contributed by atoms with E-state index in [0.717, 1.165) is 6.07 Å². The summed E-state index contributed by atoms with van der Waals surface area (Å²) in [6.45, 7) is 1.33. The summed E-state index contributed by atoms with van der Waals surface area (Å²) in [5.41, 5.74) is -1.51. The van der Waals surface area contributed by atoms with E-state index < -0.39 is 23.1 Å². The molecule has 110 valence electrons. The van der Waals surface area contributed by atoms with Crippen LogP contribution < -0.4 is 5.32 Å². The maximum Gasteiger partial charge on any atom is 0.333 e. The Balaban J connectivity index is 2.48. The molecular weight excluding hydrogens is 344 g/mol. The minimum Gasteiger partial charge on any atom is -0.479 e. The lowest BCUT2D eigenvalue weighted by Crippen LogP contribution is -2.41. The molecule has 0 heterocycles. The van der Waals surface area contributed by atoms with Crippen LogP contribution in [0.3, 0.4) is 0 Å². The van der Waals surface area contributed by atoms with Crippen molar-refractivity contribution in [1.82, 2.24) is 0 Å². The summed E-state index contributed by atoms with van der Waals surface area (Å²) >= 11 is 3.12. The minimum atomic E-state index is -1.72. The maximum absolute atomic E-state index is 14.1. The molecule has 0 aliphatic heterocycles. The number of anilines is 1. The Morgan fingerprint density at radius 2 is 1.95 bits per heavy atom. The summed E-state index contributed by atoms with van der Waals surface area (Å²) in [6, 6.07) is 9.46. The molecule has 1 atom stereocenters. The van der Waals surface area contributed by atoms with E-state index in [4.69, 9.17) is 0 Å².